The molecular weight excluding hydrogens is 450 g/mol. The summed E-state index contributed by atoms with van der Waals surface area (Å²) in [5.74, 6) is 0.303. The Balaban J connectivity index is 1.88. The first-order valence-electron chi connectivity index (χ1n) is 11.0. The van der Waals surface area contributed by atoms with Crippen LogP contribution in [-0.2, 0) is 4.74 Å². The number of amides is 1. The van der Waals surface area contributed by atoms with Gasteiger partial charge in [-0.15, -0.1) is 0 Å². The number of carbonyl (C=O) groups is 1. The Hall–Kier alpha value is -3.48. The van der Waals surface area contributed by atoms with Crippen LogP contribution in [0.2, 0.25) is 5.02 Å². The summed E-state index contributed by atoms with van der Waals surface area (Å²) in [7, 11) is 1.59. The van der Waals surface area contributed by atoms with Crippen molar-refractivity contribution in [3.05, 3.63) is 105 Å². The van der Waals surface area contributed by atoms with Gasteiger partial charge >= 0.3 is 0 Å². The number of carbonyl (C=O) groups excluding carboxylic acids is 1. The lowest BCUT2D eigenvalue weighted by Gasteiger charge is -2.30. The second kappa shape index (κ2) is 10.2. The van der Waals surface area contributed by atoms with Gasteiger partial charge in [-0.3, -0.25) is 14.2 Å². The van der Waals surface area contributed by atoms with Crippen LogP contribution in [0.25, 0.3) is 16.6 Å². The van der Waals surface area contributed by atoms with E-state index in [-0.39, 0.29) is 11.5 Å². The minimum absolute atomic E-state index is 0.158. The molecule has 0 spiro atoms. The van der Waals surface area contributed by atoms with Crippen molar-refractivity contribution in [1.82, 2.24) is 14.5 Å². The lowest BCUT2D eigenvalue weighted by molar-refractivity contribution is 0.0605. The number of hydrogen-bond donors (Lipinski definition) is 0. The van der Waals surface area contributed by atoms with Crippen molar-refractivity contribution in [2.45, 2.75) is 19.9 Å². The molecule has 0 aliphatic rings. The summed E-state index contributed by atoms with van der Waals surface area (Å²) < 4.78 is 6.85. The second-order valence-electron chi connectivity index (χ2n) is 8.14. The van der Waals surface area contributed by atoms with Crippen molar-refractivity contribution in [3.8, 4) is 5.69 Å². The Bertz CT molecular complexity index is 1370. The predicted octanol–water partition coefficient (Wildman–Crippen LogP) is 5.20. The summed E-state index contributed by atoms with van der Waals surface area (Å²) >= 11 is 6.09. The Morgan fingerprint density at radius 3 is 2.41 bits per heavy atom. The fourth-order valence-corrected chi connectivity index (χ4v) is 4.06. The predicted molar refractivity (Wildman–Crippen MR) is 135 cm³/mol. The molecule has 0 fully saturated rings. The number of rotatable bonds is 7. The third-order valence-electron chi connectivity index (χ3n) is 5.82. The number of benzene rings is 3. The number of aryl methyl sites for hydroxylation is 1. The van der Waals surface area contributed by atoms with Crippen LogP contribution in [0.15, 0.2) is 77.6 Å². The molecule has 174 valence electrons. The van der Waals surface area contributed by atoms with Gasteiger partial charge in [0.05, 0.1) is 29.2 Å². The molecule has 0 N–H and O–H groups in total. The second-order valence-corrected chi connectivity index (χ2v) is 8.57. The summed E-state index contributed by atoms with van der Waals surface area (Å²) in [6, 6.07) is 21.1. The molecule has 0 saturated carbocycles. The highest BCUT2D eigenvalue weighted by Gasteiger charge is 2.27. The highest BCUT2D eigenvalue weighted by Crippen LogP contribution is 2.25. The zero-order valence-corrected chi connectivity index (χ0v) is 20.1. The van der Waals surface area contributed by atoms with Crippen LogP contribution in [0.5, 0.6) is 0 Å². The average Bonchev–Trinajstić information content (AvgIpc) is 2.85. The fourth-order valence-electron chi connectivity index (χ4n) is 3.93. The van der Waals surface area contributed by atoms with Crippen molar-refractivity contribution >= 4 is 28.4 Å². The van der Waals surface area contributed by atoms with Crippen molar-refractivity contribution in [2.24, 2.45) is 0 Å². The molecule has 6 nitrogen and oxygen atoms in total. The monoisotopic (exact) mass is 475 g/mol. The molecule has 4 aromatic rings. The van der Waals surface area contributed by atoms with Crippen LogP contribution in [-0.4, -0.2) is 40.6 Å². The minimum Gasteiger partial charge on any atom is -0.383 e. The molecule has 4 rings (SSSR count). The van der Waals surface area contributed by atoms with Crippen molar-refractivity contribution in [2.75, 3.05) is 20.3 Å². The molecule has 34 heavy (non-hydrogen) atoms. The molecule has 1 unspecified atom stereocenters. The quantitative estimate of drug-likeness (QED) is 0.368. The van der Waals surface area contributed by atoms with E-state index in [4.69, 9.17) is 21.3 Å². The highest BCUT2D eigenvalue weighted by atomic mass is 35.5. The molecule has 1 atom stereocenters. The van der Waals surface area contributed by atoms with Crippen LogP contribution < -0.4 is 5.56 Å². The molecule has 3 aromatic carbocycles. The zero-order chi connectivity index (χ0) is 24.2. The third-order valence-corrected chi connectivity index (χ3v) is 6.08. The first-order valence-corrected chi connectivity index (χ1v) is 11.4. The molecule has 0 saturated heterocycles. The van der Waals surface area contributed by atoms with E-state index in [1.165, 1.54) is 0 Å². The number of hydrogen-bond acceptors (Lipinski definition) is 4. The standard InChI is InChI=1S/C27H26ClN3O3/c1-18-8-10-20(11-9-18)26(32)30(16-17-34-3)19(2)25-29-24-7-5-4-6-23(24)27(33)31(25)22-14-12-21(28)13-15-22/h4-15,19H,16-17H2,1-3H3. The van der Waals surface area contributed by atoms with Crippen LogP contribution in [0.3, 0.4) is 0 Å². The van der Waals surface area contributed by atoms with Gasteiger partial charge in [-0.05, 0) is 62.4 Å². The molecule has 0 radical (unpaired) electrons. The normalized spacial score (nSPS) is 12.0. The molecule has 0 bridgehead atoms. The highest BCUT2D eigenvalue weighted by molar-refractivity contribution is 6.30. The number of ether oxygens (including phenoxy) is 1. The fraction of sp³-hybridized carbons (Fsp3) is 0.222. The van der Waals surface area contributed by atoms with Crippen LogP contribution in [0, 0.1) is 6.92 Å². The van der Waals surface area contributed by atoms with Crippen LogP contribution in [0.1, 0.15) is 34.7 Å². The summed E-state index contributed by atoms with van der Waals surface area (Å²) in [5, 5.41) is 1.07. The number of halogens is 1. The topological polar surface area (TPSA) is 64.4 Å². The van der Waals surface area contributed by atoms with Gasteiger partial charge in [-0.25, -0.2) is 4.98 Å². The average molecular weight is 476 g/mol. The largest absolute Gasteiger partial charge is 0.383 e. The van der Waals surface area contributed by atoms with Gasteiger partial charge in [0, 0.05) is 24.2 Å². The summed E-state index contributed by atoms with van der Waals surface area (Å²) in [6.07, 6.45) is 0. The van der Waals surface area contributed by atoms with Gasteiger partial charge < -0.3 is 9.64 Å². The van der Waals surface area contributed by atoms with Crippen molar-refractivity contribution in [1.29, 1.82) is 0 Å². The molecule has 1 heterocycles. The molecular formula is C27H26ClN3O3. The van der Waals surface area contributed by atoms with Crippen molar-refractivity contribution in [3.63, 3.8) is 0 Å². The lowest BCUT2D eigenvalue weighted by atomic mass is 10.1. The molecule has 0 aliphatic carbocycles. The van der Waals surface area contributed by atoms with Crippen molar-refractivity contribution < 1.29 is 9.53 Å². The maximum absolute atomic E-state index is 13.6. The maximum atomic E-state index is 13.6. The Morgan fingerprint density at radius 1 is 1.06 bits per heavy atom. The van der Waals surface area contributed by atoms with Gasteiger partial charge in [0.1, 0.15) is 5.82 Å². The van der Waals surface area contributed by atoms with Gasteiger partial charge in [-0.2, -0.15) is 0 Å². The van der Waals surface area contributed by atoms with Gasteiger partial charge in [-0.1, -0.05) is 41.4 Å². The van der Waals surface area contributed by atoms with Gasteiger partial charge in [0.15, 0.2) is 0 Å². The van der Waals surface area contributed by atoms with Crippen LogP contribution in [0.4, 0.5) is 0 Å². The Labute approximate surface area is 203 Å². The number of nitrogens with zero attached hydrogens (tertiary/aromatic N) is 3. The first-order chi connectivity index (χ1) is 16.4. The molecule has 1 amide bonds. The van der Waals surface area contributed by atoms with E-state index < -0.39 is 6.04 Å². The summed E-state index contributed by atoms with van der Waals surface area (Å²) in [5.41, 5.74) is 2.64. The van der Waals surface area contributed by atoms with E-state index >= 15 is 0 Å². The number of para-hydroxylation sites is 1. The Kier molecular flexibility index (Phi) is 7.10. The van der Waals surface area contributed by atoms with Gasteiger partial charge in [0.2, 0.25) is 0 Å². The van der Waals surface area contributed by atoms with Crippen LogP contribution >= 0.6 is 11.6 Å². The summed E-state index contributed by atoms with van der Waals surface area (Å²) in [6.45, 7) is 4.54. The maximum Gasteiger partial charge on any atom is 0.266 e. The van der Waals surface area contributed by atoms with E-state index in [1.807, 2.05) is 50.2 Å². The third kappa shape index (κ3) is 4.74. The Morgan fingerprint density at radius 2 is 1.74 bits per heavy atom. The molecule has 1 aromatic heterocycles. The van der Waals surface area contributed by atoms with E-state index in [2.05, 4.69) is 0 Å². The van der Waals surface area contributed by atoms with E-state index in [0.717, 1.165) is 5.56 Å². The lowest BCUT2D eigenvalue weighted by Crippen LogP contribution is -2.39. The van der Waals surface area contributed by atoms with E-state index in [9.17, 15) is 9.59 Å². The van der Waals surface area contributed by atoms with E-state index in [1.54, 1.807) is 53.0 Å². The number of aromatic nitrogens is 2. The molecule has 7 heteroatoms. The number of fused-ring (bicyclic) bond motifs is 1. The molecule has 0 aliphatic heterocycles. The first kappa shape index (κ1) is 23.7. The SMILES string of the molecule is COCCN(C(=O)c1ccc(C)cc1)C(C)c1nc2ccccc2c(=O)n1-c1ccc(Cl)cc1. The zero-order valence-electron chi connectivity index (χ0n) is 19.4. The smallest absolute Gasteiger partial charge is 0.266 e. The van der Waals surface area contributed by atoms with Gasteiger partial charge in [0.25, 0.3) is 11.5 Å². The van der Waals surface area contributed by atoms with E-state index in [0.29, 0.717) is 46.2 Å². The number of methoxy groups -OCH3 is 1. The summed E-state index contributed by atoms with van der Waals surface area (Å²) in [4.78, 5) is 33.7. The minimum atomic E-state index is -0.517.